The lowest BCUT2D eigenvalue weighted by atomic mass is 10.1. The normalized spacial score (nSPS) is 11.2. The van der Waals surface area contributed by atoms with Crippen LogP contribution < -0.4 is 10.0 Å². The van der Waals surface area contributed by atoms with E-state index in [9.17, 15) is 13.2 Å². The van der Waals surface area contributed by atoms with E-state index in [-0.39, 0.29) is 21.5 Å². The number of amides is 1. The molecule has 0 bridgehead atoms. The Bertz CT molecular complexity index is 899. The Morgan fingerprint density at radius 3 is 2.44 bits per heavy atom. The zero-order valence-electron chi connectivity index (χ0n) is 13.8. The van der Waals surface area contributed by atoms with E-state index in [2.05, 4.69) is 10.0 Å². The van der Waals surface area contributed by atoms with Crippen molar-refractivity contribution in [3.63, 3.8) is 0 Å². The highest BCUT2D eigenvalue weighted by atomic mass is 35.5. The van der Waals surface area contributed by atoms with Gasteiger partial charge in [0.15, 0.2) is 0 Å². The van der Waals surface area contributed by atoms with Crippen molar-refractivity contribution in [3.8, 4) is 0 Å². The Morgan fingerprint density at radius 2 is 1.80 bits per heavy atom. The minimum absolute atomic E-state index is 0.00850. The standard InChI is InChI=1S/C17H18Cl2N2O3S/c1-3-8-20-17(22)14-10-13(6-4-11(14)2)25(23,24)21-12-5-7-15(18)16(19)9-12/h4-7,9-10,21H,3,8H2,1-2H3,(H,20,22). The number of sulfonamides is 1. The molecule has 2 rings (SSSR count). The summed E-state index contributed by atoms with van der Waals surface area (Å²) in [6, 6.07) is 8.84. The molecule has 25 heavy (non-hydrogen) atoms. The number of carbonyl (C=O) groups is 1. The van der Waals surface area contributed by atoms with Gasteiger partial charge in [-0.2, -0.15) is 0 Å². The van der Waals surface area contributed by atoms with Gasteiger partial charge in [0.1, 0.15) is 0 Å². The first-order valence-electron chi connectivity index (χ1n) is 7.61. The molecular formula is C17H18Cl2N2O3S. The van der Waals surface area contributed by atoms with Crippen LogP contribution in [0.4, 0.5) is 5.69 Å². The first-order chi connectivity index (χ1) is 11.7. The van der Waals surface area contributed by atoms with Crippen LogP contribution in [0, 0.1) is 6.92 Å². The number of aryl methyl sites for hydroxylation is 1. The quantitative estimate of drug-likeness (QED) is 0.760. The zero-order valence-corrected chi connectivity index (χ0v) is 16.1. The molecule has 0 saturated carbocycles. The molecule has 134 valence electrons. The summed E-state index contributed by atoms with van der Waals surface area (Å²) >= 11 is 11.7. The Morgan fingerprint density at radius 1 is 1.08 bits per heavy atom. The van der Waals surface area contributed by atoms with Crippen LogP contribution >= 0.6 is 23.2 Å². The van der Waals surface area contributed by atoms with Gasteiger partial charge in [0.2, 0.25) is 0 Å². The molecule has 2 aromatic rings. The number of hydrogen-bond donors (Lipinski definition) is 2. The van der Waals surface area contributed by atoms with Crippen molar-refractivity contribution in [1.29, 1.82) is 0 Å². The minimum atomic E-state index is -3.87. The van der Waals surface area contributed by atoms with Crippen LogP contribution in [0.25, 0.3) is 0 Å². The van der Waals surface area contributed by atoms with E-state index in [4.69, 9.17) is 23.2 Å². The van der Waals surface area contributed by atoms with Crippen LogP contribution in [0.5, 0.6) is 0 Å². The number of nitrogens with one attached hydrogen (secondary N) is 2. The van der Waals surface area contributed by atoms with E-state index in [1.165, 1.54) is 30.3 Å². The predicted octanol–water partition coefficient (Wildman–Crippen LogP) is 4.24. The molecule has 0 aromatic heterocycles. The molecule has 0 aliphatic rings. The fourth-order valence-corrected chi connectivity index (χ4v) is 3.49. The average Bonchev–Trinajstić information content (AvgIpc) is 2.56. The van der Waals surface area contributed by atoms with Crippen LogP contribution in [-0.2, 0) is 10.0 Å². The molecule has 0 saturated heterocycles. The van der Waals surface area contributed by atoms with Crippen molar-refractivity contribution in [2.45, 2.75) is 25.2 Å². The lowest BCUT2D eigenvalue weighted by molar-refractivity contribution is 0.0953. The van der Waals surface area contributed by atoms with Crippen molar-refractivity contribution in [2.24, 2.45) is 0 Å². The molecule has 0 radical (unpaired) electrons. The monoisotopic (exact) mass is 400 g/mol. The maximum Gasteiger partial charge on any atom is 0.261 e. The summed E-state index contributed by atoms with van der Waals surface area (Å²) < 4.78 is 27.6. The van der Waals surface area contributed by atoms with Gasteiger partial charge in [-0.25, -0.2) is 8.42 Å². The summed E-state index contributed by atoms with van der Waals surface area (Å²) in [6.45, 7) is 4.22. The molecule has 2 N–H and O–H groups in total. The van der Waals surface area contributed by atoms with E-state index >= 15 is 0 Å². The van der Waals surface area contributed by atoms with Crippen molar-refractivity contribution >= 4 is 44.8 Å². The molecule has 2 aromatic carbocycles. The lowest BCUT2D eigenvalue weighted by Gasteiger charge is -2.12. The number of rotatable bonds is 6. The number of hydrogen-bond acceptors (Lipinski definition) is 3. The summed E-state index contributed by atoms with van der Waals surface area (Å²) in [5.41, 5.74) is 1.31. The Balaban J connectivity index is 2.32. The van der Waals surface area contributed by atoms with Gasteiger partial charge in [0.25, 0.3) is 15.9 Å². The number of anilines is 1. The number of benzene rings is 2. The van der Waals surface area contributed by atoms with E-state index in [0.29, 0.717) is 22.7 Å². The first-order valence-corrected chi connectivity index (χ1v) is 9.85. The van der Waals surface area contributed by atoms with E-state index in [0.717, 1.165) is 6.42 Å². The second-order valence-electron chi connectivity index (χ2n) is 5.47. The van der Waals surface area contributed by atoms with E-state index < -0.39 is 10.0 Å². The number of carbonyl (C=O) groups excluding carboxylic acids is 1. The smallest absolute Gasteiger partial charge is 0.261 e. The first kappa shape index (κ1) is 19.6. The molecule has 0 aliphatic heterocycles. The fraction of sp³-hybridized carbons (Fsp3) is 0.235. The SMILES string of the molecule is CCCNC(=O)c1cc(S(=O)(=O)Nc2ccc(Cl)c(Cl)c2)ccc1C. The molecule has 5 nitrogen and oxygen atoms in total. The molecule has 8 heteroatoms. The van der Waals surface area contributed by atoms with Crippen molar-refractivity contribution in [1.82, 2.24) is 5.32 Å². The van der Waals surface area contributed by atoms with Crippen molar-refractivity contribution in [3.05, 3.63) is 57.6 Å². The van der Waals surface area contributed by atoms with E-state index in [1.54, 1.807) is 13.0 Å². The second kappa shape index (κ2) is 8.08. The van der Waals surface area contributed by atoms with Gasteiger partial charge < -0.3 is 5.32 Å². The third-order valence-electron chi connectivity index (χ3n) is 3.47. The Labute approximate surface area is 157 Å². The predicted molar refractivity (Wildman–Crippen MR) is 101 cm³/mol. The molecule has 1 amide bonds. The van der Waals surface area contributed by atoms with Gasteiger partial charge in [-0.1, -0.05) is 36.2 Å². The van der Waals surface area contributed by atoms with E-state index in [1.807, 2.05) is 6.92 Å². The molecule has 0 atom stereocenters. The highest BCUT2D eigenvalue weighted by Crippen LogP contribution is 2.27. The fourth-order valence-electron chi connectivity index (χ4n) is 2.12. The average molecular weight is 401 g/mol. The van der Waals surface area contributed by atoms with Gasteiger partial charge in [-0.15, -0.1) is 0 Å². The Kier molecular flexibility index (Phi) is 6.32. The van der Waals surface area contributed by atoms with Crippen LogP contribution in [-0.4, -0.2) is 20.9 Å². The summed E-state index contributed by atoms with van der Waals surface area (Å²) in [5, 5.41) is 3.31. The van der Waals surface area contributed by atoms with Crippen LogP contribution in [0.2, 0.25) is 10.0 Å². The van der Waals surface area contributed by atoms with Crippen molar-refractivity contribution in [2.75, 3.05) is 11.3 Å². The lowest BCUT2D eigenvalue weighted by Crippen LogP contribution is -2.25. The maximum atomic E-state index is 12.6. The second-order valence-corrected chi connectivity index (χ2v) is 7.96. The molecule has 0 aliphatic carbocycles. The molecule has 0 fully saturated rings. The van der Waals surface area contributed by atoms with Gasteiger partial charge in [0, 0.05) is 12.1 Å². The number of halogens is 2. The largest absolute Gasteiger partial charge is 0.352 e. The molecular weight excluding hydrogens is 383 g/mol. The third-order valence-corrected chi connectivity index (χ3v) is 5.59. The molecule has 0 spiro atoms. The van der Waals surface area contributed by atoms with Gasteiger partial charge in [-0.3, -0.25) is 9.52 Å². The van der Waals surface area contributed by atoms with Crippen LogP contribution in [0.1, 0.15) is 29.3 Å². The Hall–Kier alpha value is -1.76. The summed E-state index contributed by atoms with van der Waals surface area (Å²) in [5.74, 6) is -0.300. The van der Waals surface area contributed by atoms with Crippen molar-refractivity contribution < 1.29 is 13.2 Å². The molecule has 0 heterocycles. The topological polar surface area (TPSA) is 75.3 Å². The van der Waals surface area contributed by atoms with Crippen LogP contribution in [0.3, 0.4) is 0 Å². The summed E-state index contributed by atoms with van der Waals surface area (Å²) in [6.07, 6.45) is 0.793. The third kappa shape index (κ3) is 4.87. The van der Waals surface area contributed by atoms with Gasteiger partial charge >= 0.3 is 0 Å². The highest BCUT2D eigenvalue weighted by molar-refractivity contribution is 7.92. The van der Waals surface area contributed by atoms with Crippen LogP contribution in [0.15, 0.2) is 41.3 Å². The van der Waals surface area contributed by atoms with Gasteiger partial charge in [-0.05, 0) is 49.2 Å². The van der Waals surface area contributed by atoms with Gasteiger partial charge in [0.05, 0.1) is 20.6 Å². The maximum absolute atomic E-state index is 12.6. The molecule has 0 unspecified atom stereocenters. The highest BCUT2D eigenvalue weighted by Gasteiger charge is 2.18. The zero-order chi connectivity index (χ0) is 18.6. The summed E-state index contributed by atoms with van der Waals surface area (Å²) in [7, 11) is -3.87. The summed E-state index contributed by atoms with van der Waals surface area (Å²) in [4.78, 5) is 12.2. The minimum Gasteiger partial charge on any atom is -0.352 e.